The first-order chi connectivity index (χ1) is 27.1. The smallest absolute Gasteiger partial charge is 0.326 e. The molecule has 2 fully saturated rings. The maximum Gasteiger partial charge on any atom is 0.326 e. The zero-order valence-electron chi connectivity index (χ0n) is 35.5. The molecular weight excluding hydrogens is 765 g/mol. The van der Waals surface area contributed by atoms with E-state index in [1.165, 1.54) is 63.9 Å². The van der Waals surface area contributed by atoms with Gasteiger partial charge < -0.3 is 25.0 Å². The van der Waals surface area contributed by atoms with E-state index in [0.717, 1.165) is 61.5 Å². The molecule has 0 spiro atoms. The number of ether oxygens (including phenoxy) is 2. The molecule has 0 radical (unpaired) electrons. The van der Waals surface area contributed by atoms with Gasteiger partial charge in [0.05, 0.1) is 18.3 Å². The molecule has 1 aliphatic carbocycles. The molecule has 1 saturated carbocycles. The zero-order chi connectivity index (χ0) is 42.4. The van der Waals surface area contributed by atoms with Crippen molar-refractivity contribution in [2.24, 2.45) is 11.8 Å². The second kappa shape index (κ2) is 26.9. The summed E-state index contributed by atoms with van der Waals surface area (Å²) in [5.41, 5.74) is 4.63. The molecule has 2 aromatic carbocycles. The van der Waals surface area contributed by atoms with Crippen molar-refractivity contribution in [2.75, 3.05) is 51.5 Å². The first-order valence-corrected chi connectivity index (χ1v) is 24.0. The number of sulfone groups is 1. The molecule has 0 bridgehead atoms. The lowest BCUT2D eigenvalue weighted by Gasteiger charge is -2.32. The van der Waals surface area contributed by atoms with Crippen LogP contribution in [-0.2, 0) is 35.4 Å². The monoisotopic (exact) mass is 834 g/mol. The van der Waals surface area contributed by atoms with Crippen LogP contribution in [0.15, 0.2) is 42.5 Å². The number of amides is 1. The van der Waals surface area contributed by atoms with Gasteiger partial charge in [-0.3, -0.25) is 14.5 Å². The van der Waals surface area contributed by atoms with Crippen LogP contribution in [0.25, 0.3) is 11.1 Å². The predicted molar refractivity (Wildman–Crippen MR) is 232 cm³/mol. The Kier molecular flexibility index (Phi) is 23.7. The summed E-state index contributed by atoms with van der Waals surface area (Å²) in [5.74, 6) is -1.44. The average Bonchev–Trinajstić information content (AvgIpc) is 3.34. The van der Waals surface area contributed by atoms with Gasteiger partial charge in [0.1, 0.15) is 15.9 Å². The molecule has 3 N–H and O–H groups in total. The molecule has 1 heterocycles. The molecule has 13 heteroatoms. The molecule has 4 rings (SSSR count). The largest absolute Gasteiger partial charge is 0.481 e. The normalized spacial score (nSPS) is 18.6. The zero-order valence-corrected chi connectivity index (χ0v) is 37.1. The Hall–Kier alpha value is -2.97. The lowest BCUT2D eigenvalue weighted by molar-refractivity contribution is -0.141. The SMILES string of the molecule is CC(CCS(C)(=O)=O)C(=O)O.CCCOC.COC[C@H]1CCC(CC2CCCCCC2)N1Cc1ccc(C(=O)NC(CCSC)C(=O)O)c(-c2ccccc2C)c1. The van der Waals surface area contributed by atoms with Gasteiger partial charge in [0.15, 0.2) is 0 Å². The Morgan fingerprint density at radius 1 is 0.912 bits per heavy atom. The number of aliphatic carboxylic acids is 2. The van der Waals surface area contributed by atoms with Gasteiger partial charge in [0.25, 0.3) is 5.91 Å². The van der Waals surface area contributed by atoms with Crippen LogP contribution in [0.4, 0.5) is 0 Å². The topological polar surface area (TPSA) is 160 Å². The predicted octanol–water partition coefficient (Wildman–Crippen LogP) is 8.12. The quantitative estimate of drug-likeness (QED) is 0.117. The van der Waals surface area contributed by atoms with Crippen LogP contribution in [0.2, 0.25) is 0 Å². The third-order valence-corrected chi connectivity index (χ3v) is 12.4. The number of benzene rings is 2. The van der Waals surface area contributed by atoms with E-state index in [-0.39, 0.29) is 18.1 Å². The van der Waals surface area contributed by atoms with Crippen molar-refractivity contribution < 1.29 is 42.5 Å². The Morgan fingerprint density at radius 3 is 2.12 bits per heavy atom. The van der Waals surface area contributed by atoms with Crippen molar-refractivity contribution in [3.05, 3.63) is 59.2 Å². The number of rotatable bonds is 19. The van der Waals surface area contributed by atoms with Crippen molar-refractivity contribution in [3.8, 4) is 11.1 Å². The third kappa shape index (κ3) is 18.7. The summed E-state index contributed by atoms with van der Waals surface area (Å²) in [7, 11) is 0.491. The summed E-state index contributed by atoms with van der Waals surface area (Å²) in [6.07, 6.45) is 16.6. The Labute approximate surface area is 347 Å². The number of carboxylic acids is 2. The molecular formula is C44H70N2O9S2. The number of hydrogen-bond acceptors (Lipinski definition) is 9. The van der Waals surface area contributed by atoms with Crippen LogP contribution >= 0.6 is 11.8 Å². The number of nitrogens with one attached hydrogen (secondary N) is 1. The molecule has 4 atom stereocenters. The number of carbonyl (C=O) groups excluding carboxylic acids is 1. The molecule has 3 unspecified atom stereocenters. The van der Waals surface area contributed by atoms with E-state index in [2.05, 4.69) is 42.3 Å². The second-order valence-corrected chi connectivity index (χ2v) is 18.8. The Balaban J connectivity index is 0.000000589. The van der Waals surface area contributed by atoms with E-state index in [4.69, 9.17) is 14.6 Å². The summed E-state index contributed by atoms with van der Waals surface area (Å²) in [6, 6.07) is 14.2. The fraction of sp³-hybridized carbons (Fsp3) is 0.659. The van der Waals surface area contributed by atoms with Crippen LogP contribution in [0.1, 0.15) is 112 Å². The summed E-state index contributed by atoms with van der Waals surface area (Å²) >= 11 is 1.58. The lowest BCUT2D eigenvalue weighted by Crippen LogP contribution is -2.41. The van der Waals surface area contributed by atoms with E-state index in [9.17, 15) is 27.9 Å². The van der Waals surface area contributed by atoms with E-state index in [1.807, 2.05) is 30.5 Å². The van der Waals surface area contributed by atoms with Crippen molar-refractivity contribution >= 4 is 39.4 Å². The average molecular weight is 835 g/mol. The first kappa shape index (κ1) is 50.2. The van der Waals surface area contributed by atoms with Gasteiger partial charge in [-0.2, -0.15) is 11.8 Å². The Morgan fingerprint density at radius 2 is 1.58 bits per heavy atom. The van der Waals surface area contributed by atoms with Gasteiger partial charge in [-0.1, -0.05) is 82.7 Å². The van der Waals surface area contributed by atoms with Crippen molar-refractivity contribution in [1.82, 2.24) is 10.2 Å². The molecule has 322 valence electrons. The number of likely N-dealkylation sites (tertiary alicyclic amines) is 1. The number of hydrogen-bond donors (Lipinski definition) is 3. The maximum absolute atomic E-state index is 13.5. The minimum Gasteiger partial charge on any atom is -0.481 e. The highest BCUT2D eigenvalue weighted by Gasteiger charge is 2.35. The molecule has 57 heavy (non-hydrogen) atoms. The highest BCUT2D eigenvalue weighted by molar-refractivity contribution is 7.98. The van der Waals surface area contributed by atoms with Gasteiger partial charge in [-0.25, -0.2) is 13.2 Å². The van der Waals surface area contributed by atoms with Crippen LogP contribution in [0, 0.1) is 18.8 Å². The van der Waals surface area contributed by atoms with Gasteiger partial charge in [0, 0.05) is 51.3 Å². The maximum atomic E-state index is 13.5. The van der Waals surface area contributed by atoms with E-state index in [1.54, 1.807) is 26.0 Å². The number of carboxylic acid groups (broad SMARTS) is 2. The van der Waals surface area contributed by atoms with E-state index < -0.39 is 33.7 Å². The summed E-state index contributed by atoms with van der Waals surface area (Å²) in [4.78, 5) is 38.3. The number of thioether (sulfide) groups is 1. The number of nitrogens with zero attached hydrogens (tertiary/aromatic N) is 1. The molecule has 1 saturated heterocycles. The van der Waals surface area contributed by atoms with Crippen molar-refractivity contribution in [1.29, 1.82) is 0 Å². The molecule has 1 amide bonds. The van der Waals surface area contributed by atoms with E-state index >= 15 is 0 Å². The van der Waals surface area contributed by atoms with Crippen LogP contribution in [0.5, 0.6) is 0 Å². The standard InChI is InChI=1S/C34H48N2O4S.C6H12O4S.C4H10O/c1-24-10-8-9-13-29(24)31-21-26(14-17-30(31)33(37)35-32(34(38)39)18-19-41-3)22-36-27(15-16-28(36)23-40-2)20-25-11-6-4-5-7-12-25;1-5(6(7)8)3-4-11(2,9)10;1-3-4-5-2/h8-10,13-14,17,21,25,27-28,32H,4-7,11-12,15-16,18-20,22-23H2,1-3H3,(H,35,37)(H,38,39);5H,3-4H2,1-2H3,(H,7,8);3-4H2,1-2H3/t27?,28-,32?;;/m1../s1. The van der Waals surface area contributed by atoms with Gasteiger partial charge >= 0.3 is 11.9 Å². The highest BCUT2D eigenvalue weighted by atomic mass is 32.2. The minimum atomic E-state index is -3.02. The van der Waals surface area contributed by atoms with Crippen LogP contribution in [-0.4, -0.2) is 111 Å². The molecule has 1 aliphatic heterocycles. The number of aryl methyl sites for hydroxylation is 1. The van der Waals surface area contributed by atoms with Crippen LogP contribution < -0.4 is 5.32 Å². The summed E-state index contributed by atoms with van der Waals surface area (Å²) in [6.45, 7) is 8.08. The molecule has 0 aromatic heterocycles. The molecule has 2 aromatic rings. The molecule has 2 aliphatic rings. The first-order valence-electron chi connectivity index (χ1n) is 20.5. The lowest BCUT2D eigenvalue weighted by atomic mass is 9.91. The third-order valence-electron chi connectivity index (χ3n) is 10.8. The fourth-order valence-electron chi connectivity index (χ4n) is 7.53. The highest BCUT2D eigenvalue weighted by Crippen LogP contribution is 2.36. The molecule has 11 nitrogen and oxygen atoms in total. The number of carbonyl (C=O) groups is 3. The summed E-state index contributed by atoms with van der Waals surface area (Å²) < 4.78 is 31.5. The second-order valence-electron chi connectivity index (χ2n) is 15.6. The van der Waals surface area contributed by atoms with Crippen molar-refractivity contribution in [2.45, 2.75) is 122 Å². The van der Waals surface area contributed by atoms with Gasteiger partial charge in [-0.05, 0) is 97.8 Å². The van der Waals surface area contributed by atoms with E-state index in [0.29, 0.717) is 29.8 Å². The number of methoxy groups -OCH3 is 2. The van der Waals surface area contributed by atoms with Gasteiger partial charge in [0.2, 0.25) is 0 Å². The fourth-order valence-corrected chi connectivity index (χ4v) is 8.78. The Bertz CT molecular complexity index is 1610. The minimum absolute atomic E-state index is 0.0551. The van der Waals surface area contributed by atoms with Crippen LogP contribution in [0.3, 0.4) is 0 Å². The van der Waals surface area contributed by atoms with Crippen molar-refractivity contribution in [3.63, 3.8) is 0 Å². The van der Waals surface area contributed by atoms with Gasteiger partial charge in [-0.15, -0.1) is 0 Å². The summed E-state index contributed by atoms with van der Waals surface area (Å²) in [5, 5.41) is 20.9.